The molecule has 0 fully saturated rings. The first-order valence-electron chi connectivity index (χ1n) is 7.32. The van der Waals surface area contributed by atoms with Gasteiger partial charge in [0.2, 0.25) is 0 Å². The highest BCUT2D eigenvalue weighted by molar-refractivity contribution is 5.93. The normalized spacial score (nSPS) is 17.2. The molecule has 0 saturated carbocycles. The maximum atomic E-state index is 12.4. The van der Waals surface area contributed by atoms with Crippen LogP contribution >= 0.6 is 0 Å². The molecule has 1 N–H and O–H groups in total. The van der Waals surface area contributed by atoms with Gasteiger partial charge in [0.05, 0.1) is 17.2 Å². The molecule has 0 bridgehead atoms. The molecule has 0 spiro atoms. The average Bonchev–Trinajstić information content (AvgIpc) is 3.02. The number of aromatic nitrogens is 4. The first kappa shape index (κ1) is 12.9. The average molecular weight is 293 g/mol. The minimum absolute atomic E-state index is 0.0995. The van der Waals surface area contributed by atoms with E-state index < -0.39 is 0 Å². The summed E-state index contributed by atoms with van der Waals surface area (Å²) in [5.41, 5.74) is 1.88. The lowest BCUT2D eigenvalue weighted by Crippen LogP contribution is -2.41. The lowest BCUT2D eigenvalue weighted by atomic mass is 10.1. The number of aryl methyl sites for hydroxylation is 1. The molecule has 0 radical (unpaired) electrons. The first-order chi connectivity index (χ1) is 10.8. The number of benzene rings is 1. The number of hydrogen-bond acceptors (Lipinski definition) is 4. The van der Waals surface area contributed by atoms with Crippen LogP contribution in [0.15, 0.2) is 42.9 Å². The summed E-state index contributed by atoms with van der Waals surface area (Å²) in [6, 6.07) is 7.63. The maximum absolute atomic E-state index is 12.4. The SMILES string of the molecule is O=C(NC1CCc2nccn2C1)c1cnc2ccccc2n1. The van der Waals surface area contributed by atoms with Gasteiger partial charge in [0.1, 0.15) is 11.5 Å². The summed E-state index contributed by atoms with van der Waals surface area (Å²) < 4.78 is 2.08. The highest BCUT2D eigenvalue weighted by atomic mass is 16.1. The molecule has 0 saturated heterocycles. The van der Waals surface area contributed by atoms with Gasteiger partial charge in [-0.15, -0.1) is 0 Å². The van der Waals surface area contributed by atoms with Gasteiger partial charge >= 0.3 is 0 Å². The second-order valence-corrected chi connectivity index (χ2v) is 5.45. The number of para-hydroxylation sites is 2. The van der Waals surface area contributed by atoms with E-state index in [9.17, 15) is 4.79 Å². The van der Waals surface area contributed by atoms with Gasteiger partial charge in [0.25, 0.3) is 5.91 Å². The zero-order chi connectivity index (χ0) is 14.9. The minimum Gasteiger partial charge on any atom is -0.346 e. The number of carbonyl (C=O) groups is 1. The van der Waals surface area contributed by atoms with Crippen molar-refractivity contribution in [2.45, 2.75) is 25.4 Å². The van der Waals surface area contributed by atoms with Gasteiger partial charge in [-0.3, -0.25) is 9.78 Å². The van der Waals surface area contributed by atoms with Gasteiger partial charge in [-0.1, -0.05) is 12.1 Å². The number of rotatable bonds is 2. The molecule has 2 aromatic heterocycles. The number of imidazole rings is 1. The first-order valence-corrected chi connectivity index (χ1v) is 7.32. The Kier molecular flexibility index (Phi) is 3.07. The monoisotopic (exact) mass is 293 g/mol. The van der Waals surface area contributed by atoms with Gasteiger partial charge < -0.3 is 9.88 Å². The molecule has 6 nitrogen and oxygen atoms in total. The molecule has 1 aliphatic heterocycles. The number of amides is 1. The van der Waals surface area contributed by atoms with Crippen molar-refractivity contribution in [2.75, 3.05) is 0 Å². The van der Waals surface area contributed by atoms with Crippen LogP contribution in [-0.2, 0) is 13.0 Å². The Labute approximate surface area is 127 Å². The maximum Gasteiger partial charge on any atom is 0.271 e. The Morgan fingerprint density at radius 3 is 3.00 bits per heavy atom. The van der Waals surface area contributed by atoms with Crippen molar-refractivity contribution in [1.82, 2.24) is 24.8 Å². The molecule has 110 valence electrons. The third-order valence-electron chi connectivity index (χ3n) is 3.95. The highest BCUT2D eigenvalue weighted by Gasteiger charge is 2.21. The zero-order valence-electron chi connectivity index (χ0n) is 11.9. The van der Waals surface area contributed by atoms with Crippen LogP contribution in [0.2, 0.25) is 0 Å². The highest BCUT2D eigenvalue weighted by Crippen LogP contribution is 2.14. The van der Waals surface area contributed by atoms with Gasteiger partial charge in [-0.05, 0) is 18.6 Å². The van der Waals surface area contributed by atoms with Crippen molar-refractivity contribution in [3.05, 3.63) is 54.4 Å². The van der Waals surface area contributed by atoms with E-state index in [4.69, 9.17) is 0 Å². The Morgan fingerprint density at radius 2 is 2.09 bits per heavy atom. The Hall–Kier alpha value is -2.76. The summed E-state index contributed by atoms with van der Waals surface area (Å²) in [5, 5.41) is 3.04. The van der Waals surface area contributed by atoms with Crippen LogP contribution < -0.4 is 5.32 Å². The van der Waals surface area contributed by atoms with Crippen LogP contribution in [0.4, 0.5) is 0 Å². The summed E-state index contributed by atoms with van der Waals surface area (Å²) in [4.78, 5) is 25.3. The summed E-state index contributed by atoms with van der Waals surface area (Å²) in [6.07, 6.45) is 7.05. The number of nitrogens with zero attached hydrogens (tertiary/aromatic N) is 4. The third-order valence-corrected chi connectivity index (χ3v) is 3.95. The lowest BCUT2D eigenvalue weighted by Gasteiger charge is -2.24. The summed E-state index contributed by atoms with van der Waals surface area (Å²) in [6.45, 7) is 0.752. The summed E-state index contributed by atoms with van der Waals surface area (Å²) in [5.74, 6) is 0.905. The summed E-state index contributed by atoms with van der Waals surface area (Å²) in [7, 11) is 0. The minimum atomic E-state index is -0.174. The fourth-order valence-electron chi connectivity index (χ4n) is 2.81. The molecule has 1 aromatic carbocycles. The second-order valence-electron chi connectivity index (χ2n) is 5.45. The van der Waals surface area contributed by atoms with Crippen LogP contribution in [0.5, 0.6) is 0 Å². The van der Waals surface area contributed by atoms with E-state index in [0.29, 0.717) is 5.69 Å². The van der Waals surface area contributed by atoms with Crippen LogP contribution in [0.3, 0.4) is 0 Å². The van der Waals surface area contributed by atoms with Gasteiger partial charge in [-0.25, -0.2) is 9.97 Å². The smallest absolute Gasteiger partial charge is 0.271 e. The molecule has 0 aliphatic carbocycles. The van der Waals surface area contributed by atoms with Crippen LogP contribution in [0.25, 0.3) is 11.0 Å². The van der Waals surface area contributed by atoms with Crippen molar-refractivity contribution in [3.8, 4) is 0 Å². The lowest BCUT2D eigenvalue weighted by molar-refractivity contribution is 0.0922. The van der Waals surface area contributed by atoms with Gasteiger partial charge in [-0.2, -0.15) is 0 Å². The van der Waals surface area contributed by atoms with Crippen molar-refractivity contribution in [2.24, 2.45) is 0 Å². The topological polar surface area (TPSA) is 72.7 Å². The van der Waals surface area contributed by atoms with E-state index in [1.807, 2.05) is 30.5 Å². The number of hydrogen-bond donors (Lipinski definition) is 1. The fraction of sp³-hybridized carbons (Fsp3) is 0.250. The van der Waals surface area contributed by atoms with Crippen LogP contribution in [0, 0.1) is 0 Å². The van der Waals surface area contributed by atoms with Gasteiger partial charge in [0.15, 0.2) is 0 Å². The summed E-state index contributed by atoms with van der Waals surface area (Å²) >= 11 is 0. The molecular weight excluding hydrogens is 278 g/mol. The molecule has 4 rings (SSSR count). The van der Waals surface area contributed by atoms with Crippen LogP contribution in [0.1, 0.15) is 22.7 Å². The van der Waals surface area contributed by atoms with E-state index >= 15 is 0 Å². The van der Waals surface area contributed by atoms with Crippen molar-refractivity contribution >= 4 is 16.9 Å². The largest absolute Gasteiger partial charge is 0.346 e. The second kappa shape index (κ2) is 5.22. The van der Waals surface area contributed by atoms with E-state index in [1.165, 1.54) is 6.20 Å². The molecular formula is C16H15N5O. The third kappa shape index (κ3) is 2.32. The standard InChI is InChI=1S/C16H15N5O/c22-16(14-9-18-12-3-1-2-4-13(12)20-14)19-11-5-6-15-17-7-8-21(15)10-11/h1-4,7-9,11H,5-6,10H2,(H,19,22). The predicted octanol–water partition coefficient (Wildman–Crippen LogP) is 1.57. The van der Waals surface area contributed by atoms with Crippen molar-refractivity contribution in [3.63, 3.8) is 0 Å². The molecule has 1 unspecified atom stereocenters. The number of carbonyl (C=O) groups excluding carboxylic acids is 1. The van der Waals surface area contributed by atoms with Crippen molar-refractivity contribution in [1.29, 1.82) is 0 Å². The molecule has 3 heterocycles. The Bertz CT molecular complexity index is 841. The van der Waals surface area contributed by atoms with Gasteiger partial charge in [0, 0.05) is 31.4 Å². The van der Waals surface area contributed by atoms with E-state index in [-0.39, 0.29) is 11.9 Å². The zero-order valence-corrected chi connectivity index (χ0v) is 11.9. The molecule has 1 atom stereocenters. The van der Waals surface area contributed by atoms with E-state index in [1.54, 1.807) is 6.20 Å². The Balaban J connectivity index is 1.52. The Morgan fingerprint density at radius 1 is 1.23 bits per heavy atom. The predicted molar refractivity (Wildman–Crippen MR) is 81.3 cm³/mol. The van der Waals surface area contributed by atoms with E-state index in [0.717, 1.165) is 36.2 Å². The van der Waals surface area contributed by atoms with Crippen LogP contribution in [-0.4, -0.2) is 31.5 Å². The molecule has 1 aliphatic rings. The number of nitrogens with one attached hydrogen (secondary N) is 1. The van der Waals surface area contributed by atoms with E-state index in [2.05, 4.69) is 24.8 Å². The molecule has 22 heavy (non-hydrogen) atoms. The molecule has 6 heteroatoms. The van der Waals surface area contributed by atoms with Crippen molar-refractivity contribution < 1.29 is 4.79 Å². The quantitative estimate of drug-likeness (QED) is 0.778. The fourth-order valence-corrected chi connectivity index (χ4v) is 2.81. The molecule has 3 aromatic rings. The molecule has 1 amide bonds. The number of fused-ring (bicyclic) bond motifs is 2.